The number of hydrogen-bond donors (Lipinski definition) is 1. The minimum Gasteiger partial charge on any atom is -0.455 e. The Bertz CT molecular complexity index is 870. The third-order valence-corrected chi connectivity index (χ3v) is 3.53. The fraction of sp³-hybridized carbons (Fsp3) is 0.318. The van der Waals surface area contributed by atoms with Crippen molar-refractivity contribution in [2.75, 3.05) is 7.05 Å². The molecule has 2 radical (unpaired) electrons. The zero-order chi connectivity index (χ0) is 19.9. The predicted octanol–water partition coefficient (Wildman–Crippen LogP) is 5.94. The van der Waals surface area contributed by atoms with Crippen LogP contribution in [0.5, 0.6) is 0 Å². The van der Waals surface area contributed by atoms with Crippen molar-refractivity contribution in [3.8, 4) is 11.3 Å². The second-order valence-corrected chi connectivity index (χ2v) is 5.15. The Balaban J connectivity index is 0.00000127. The molecule has 0 aliphatic rings. The molecule has 0 aliphatic heterocycles. The molecule has 0 saturated carbocycles. The second-order valence-electron chi connectivity index (χ2n) is 5.15. The SMILES string of the molecule is C.CC.[2H]c1cc2oc(-c3ccc(C)cc3)c(C(=O)NC)c2cc1C.[B]C. The molecule has 4 heteroatoms. The molecule has 138 valence electrons. The second kappa shape index (κ2) is 11.2. The van der Waals surface area contributed by atoms with Gasteiger partial charge in [0.1, 0.15) is 11.3 Å². The summed E-state index contributed by atoms with van der Waals surface area (Å²) < 4.78 is 13.8. The van der Waals surface area contributed by atoms with Gasteiger partial charge >= 0.3 is 0 Å². The Kier molecular flexibility index (Phi) is 9.28. The lowest BCUT2D eigenvalue weighted by Gasteiger charge is -2.03. The van der Waals surface area contributed by atoms with E-state index in [2.05, 4.69) is 13.2 Å². The number of amides is 1. The van der Waals surface area contributed by atoms with Gasteiger partial charge < -0.3 is 9.73 Å². The highest BCUT2D eigenvalue weighted by atomic mass is 16.3. The molecule has 0 bridgehead atoms. The molecule has 3 rings (SSSR count). The summed E-state index contributed by atoms with van der Waals surface area (Å²) in [4.78, 5) is 12.3. The van der Waals surface area contributed by atoms with Gasteiger partial charge in [-0.05, 0) is 26.0 Å². The zero-order valence-corrected chi connectivity index (χ0v) is 15.9. The quantitative estimate of drug-likeness (QED) is 0.580. The standard InChI is InChI=1S/C18H17NO2.C2H6.CH3B.CH4/c1-11-4-7-13(8-5-11)17-16(18(20)19-3)14-10-12(2)6-9-15(14)21-17;2*1-2;/h4-10H,1-3H3,(H,19,20);1-2H3;1H3;1H4/i6D;;;. The van der Waals surface area contributed by atoms with Crippen LogP contribution in [0.4, 0.5) is 0 Å². The summed E-state index contributed by atoms with van der Waals surface area (Å²) in [6, 6.07) is 11.7. The summed E-state index contributed by atoms with van der Waals surface area (Å²) in [5.74, 6) is 0.353. The van der Waals surface area contributed by atoms with Gasteiger partial charge in [0, 0.05) is 18.0 Å². The van der Waals surface area contributed by atoms with Crippen molar-refractivity contribution in [3.05, 3.63) is 59.1 Å². The summed E-state index contributed by atoms with van der Waals surface area (Å²) in [6.07, 6.45) is 0. The summed E-state index contributed by atoms with van der Waals surface area (Å²) >= 11 is 0. The fourth-order valence-corrected chi connectivity index (χ4v) is 2.41. The first-order valence-corrected chi connectivity index (χ1v) is 8.42. The van der Waals surface area contributed by atoms with Crippen LogP contribution in [-0.4, -0.2) is 20.8 Å². The maximum absolute atomic E-state index is 12.3. The molecule has 26 heavy (non-hydrogen) atoms. The van der Waals surface area contributed by atoms with E-state index >= 15 is 0 Å². The number of carbonyl (C=O) groups is 1. The van der Waals surface area contributed by atoms with Crippen LogP contribution in [0.25, 0.3) is 22.3 Å². The van der Waals surface area contributed by atoms with Crippen molar-refractivity contribution in [2.45, 2.75) is 41.9 Å². The predicted molar refractivity (Wildman–Crippen MR) is 114 cm³/mol. The molecule has 1 N–H and O–H groups in total. The van der Waals surface area contributed by atoms with Gasteiger partial charge in [0.05, 0.1) is 14.8 Å². The molecule has 0 aliphatic carbocycles. The van der Waals surface area contributed by atoms with Gasteiger partial charge in [-0.2, -0.15) is 0 Å². The Hall–Kier alpha value is -2.49. The fourth-order valence-electron chi connectivity index (χ4n) is 2.41. The molecular weight excluding hydrogens is 321 g/mol. The molecule has 2 aromatic carbocycles. The van der Waals surface area contributed by atoms with Gasteiger partial charge in [-0.1, -0.05) is 69.5 Å². The van der Waals surface area contributed by atoms with Gasteiger partial charge in [-0.3, -0.25) is 4.79 Å². The highest BCUT2D eigenvalue weighted by Crippen LogP contribution is 2.34. The number of rotatable bonds is 2. The molecule has 0 saturated heterocycles. The Labute approximate surface area is 160 Å². The number of fused-ring (bicyclic) bond motifs is 1. The average molecular weight is 352 g/mol. The first-order valence-electron chi connectivity index (χ1n) is 8.92. The van der Waals surface area contributed by atoms with E-state index in [0.29, 0.717) is 22.9 Å². The Morgan fingerprint density at radius 3 is 2.19 bits per heavy atom. The van der Waals surface area contributed by atoms with Gasteiger partial charge in [0.25, 0.3) is 5.91 Å². The van der Waals surface area contributed by atoms with E-state index in [0.717, 1.165) is 22.1 Å². The zero-order valence-electron chi connectivity index (χ0n) is 16.9. The lowest BCUT2D eigenvalue weighted by atomic mass is 10.0. The maximum Gasteiger partial charge on any atom is 0.255 e. The van der Waals surface area contributed by atoms with E-state index in [9.17, 15) is 4.79 Å². The van der Waals surface area contributed by atoms with E-state index < -0.39 is 0 Å². The highest BCUT2D eigenvalue weighted by Gasteiger charge is 2.21. The van der Waals surface area contributed by atoms with Crippen molar-refractivity contribution in [1.29, 1.82) is 0 Å². The highest BCUT2D eigenvalue weighted by molar-refractivity contribution is 6.11. The van der Waals surface area contributed by atoms with Gasteiger partial charge in [0.2, 0.25) is 0 Å². The smallest absolute Gasteiger partial charge is 0.255 e. The third-order valence-electron chi connectivity index (χ3n) is 3.53. The summed E-state index contributed by atoms with van der Waals surface area (Å²) in [7, 11) is 6.10. The summed E-state index contributed by atoms with van der Waals surface area (Å²) in [5.41, 5.74) is 3.89. The minimum atomic E-state index is -0.188. The van der Waals surface area contributed by atoms with Crippen LogP contribution in [-0.2, 0) is 0 Å². The van der Waals surface area contributed by atoms with Crippen molar-refractivity contribution in [2.24, 2.45) is 0 Å². The van der Waals surface area contributed by atoms with Gasteiger partial charge in [-0.25, -0.2) is 0 Å². The van der Waals surface area contributed by atoms with Crippen molar-refractivity contribution in [3.63, 3.8) is 0 Å². The molecule has 1 amide bonds. The maximum atomic E-state index is 12.3. The molecule has 3 aromatic rings. The first kappa shape index (κ1) is 21.6. The number of carbonyl (C=O) groups excluding carboxylic acids is 1. The van der Waals surface area contributed by atoms with Crippen molar-refractivity contribution in [1.82, 2.24) is 5.32 Å². The number of aryl methyl sites for hydroxylation is 2. The van der Waals surface area contributed by atoms with Crippen LogP contribution >= 0.6 is 0 Å². The molecule has 0 fully saturated rings. The molecule has 3 nitrogen and oxygen atoms in total. The van der Waals surface area contributed by atoms with E-state index in [4.69, 9.17) is 5.79 Å². The monoisotopic (exact) mass is 352 g/mol. The third kappa shape index (κ3) is 5.01. The van der Waals surface area contributed by atoms with Crippen LogP contribution < -0.4 is 5.32 Å². The Morgan fingerprint density at radius 1 is 1.08 bits per heavy atom. The van der Waals surface area contributed by atoms with E-state index in [1.807, 2.05) is 58.0 Å². The minimum absolute atomic E-state index is 0. The number of hydrogen-bond acceptors (Lipinski definition) is 2. The van der Waals surface area contributed by atoms with E-state index in [1.165, 1.54) is 6.82 Å². The molecule has 0 unspecified atom stereocenters. The molecule has 0 spiro atoms. The van der Waals surface area contributed by atoms with Crippen LogP contribution in [0.2, 0.25) is 6.82 Å². The van der Waals surface area contributed by atoms with Crippen LogP contribution in [0.3, 0.4) is 0 Å². The molecule has 1 aromatic heterocycles. The van der Waals surface area contributed by atoms with Crippen LogP contribution in [0.1, 0.15) is 44.1 Å². The molecule has 0 atom stereocenters. The lowest BCUT2D eigenvalue weighted by molar-refractivity contribution is 0.0964. The lowest BCUT2D eigenvalue weighted by Crippen LogP contribution is -2.18. The van der Waals surface area contributed by atoms with Crippen molar-refractivity contribution >= 4 is 24.7 Å². The van der Waals surface area contributed by atoms with E-state index in [-0.39, 0.29) is 13.3 Å². The Morgan fingerprint density at radius 2 is 1.65 bits per heavy atom. The topological polar surface area (TPSA) is 42.2 Å². The largest absolute Gasteiger partial charge is 0.455 e. The number of nitrogens with one attached hydrogen (secondary N) is 1. The summed E-state index contributed by atoms with van der Waals surface area (Å²) in [6.45, 7) is 9.37. The van der Waals surface area contributed by atoms with Crippen LogP contribution in [0.15, 0.2) is 46.9 Å². The number of furan rings is 1. The van der Waals surface area contributed by atoms with E-state index in [1.54, 1.807) is 13.1 Å². The normalized spacial score (nSPS) is 9.69. The molecular formula is C22H30BNO2. The summed E-state index contributed by atoms with van der Waals surface area (Å²) in [5, 5.41) is 3.41. The first-order chi connectivity index (χ1) is 12.5. The van der Waals surface area contributed by atoms with Gasteiger partial charge in [-0.15, -0.1) is 0 Å². The van der Waals surface area contributed by atoms with Crippen molar-refractivity contribution < 1.29 is 10.6 Å². The average Bonchev–Trinajstić information content (AvgIpc) is 3.03. The van der Waals surface area contributed by atoms with Gasteiger partial charge in [0.15, 0.2) is 0 Å². The molecule has 1 heterocycles. The number of benzene rings is 2. The van der Waals surface area contributed by atoms with Crippen LogP contribution in [0, 0.1) is 13.8 Å².